The van der Waals surface area contributed by atoms with Crippen LogP contribution in [0.25, 0.3) is 0 Å². The molecule has 0 bridgehead atoms. The zero-order chi connectivity index (χ0) is 15.1. The average molecular weight is 272 g/mol. The highest BCUT2D eigenvalue weighted by molar-refractivity contribution is 6.08. The predicted octanol–water partition coefficient (Wildman–Crippen LogP) is 2.60. The lowest BCUT2D eigenvalue weighted by Gasteiger charge is -2.05. The maximum Gasteiger partial charge on any atom is 0.307 e. The van der Waals surface area contributed by atoms with E-state index in [-0.39, 0.29) is 18.0 Å². The molecule has 0 atom stereocenters. The summed E-state index contributed by atoms with van der Waals surface area (Å²) in [5.41, 5.74) is 1.93. The van der Waals surface area contributed by atoms with Crippen LogP contribution in [0.5, 0.6) is 0 Å². The zero-order valence-electron chi connectivity index (χ0n) is 11.1. The van der Waals surface area contributed by atoms with Crippen molar-refractivity contribution in [2.75, 3.05) is 5.32 Å². The first-order valence-electron chi connectivity index (χ1n) is 5.93. The fourth-order valence-electron chi connectivity index (χ4n) is 1.58. The van der Waals surface area contributed by atoms with E-state index >= 15 is 0 Å². The van der Waals surface area contributed by atoms with E-state index in [0.29, 0.717) is 16.8 Å². The zero-order valence-corrected chi connectivity index (χ0v) is 11.1. The Kier molecular flexibility index (Phi) is 5.41. The minimum absolute atomic E-state index is 0.102. The molecule has 0 unspecified atom stereocenters. The maximum atomic E-state index is 11.2. The lowest BCUT2D eigenvalue weighted by atomic mass is 10.1. The number of anilines is 1. The van der Waals surface area contributed by atoms with Crippen molar-refractivity contribution in [1.29, 1.82) is 5.41 Å². The van der Waals surface area contributed by atoms with E-state index in [0.717, 1.165) is 6.08 Å². The summed E-state index contributed by atoms with van der Waals surface area (Å²) in [5.74, 6) is -1.26. The van der Waals surface area contributed by atoms with Gasteiger partial charge in [-0.2, -0.15) is 0 Å². The molecular formula is C15H16N2O3. The molecule has 1 rings (SSSR count). The molecule has 20 heavy (non-hydrogen) atoms. The standard InChI is InChI=1S/C15H16N2O3/c1-3-14(18)17-12-6-4-5-11(9-12)13(16)7-10(2)8-15(19)20/h3-7,9,16H,1,8H2,2H3,(H,17,18)(H,19,20)/b10-7+,16-13?. The molecule has 1 amide bonds. The van der Waals surface area contributed by atoms with Gasteiger partial charge in [-0.05, 0) is 31.2 Å². The van der Waals surface area contributed by atoms with Crippen LogP contribution < -0.4 is 5.32 Å². The summed E-state index contributed by atoms with van der Waals surface area (Å²) in [7, 11) is 0. The summed E-state index contributed by atoms with van der Waals surface area (Å²) in [6.45, 7) is 5.02. The topological polar surface area (TPSA) is 90.3 Å². The number of carboxylic acids is 1. The van der Waals surface area contributed by atoms with E-state index in [9.17, 15) is 9.59 Å². The maximum absolute atomic E-state index is 11.2. The first-order chi connectivity index (χ1) is 9.42. The van der Waals surface area contributed by atoms with Gasteiger partial charge in [-0.15, -0.1) is 0 Å². The smallest absolute Gasteiger partial charge is 0.307 e. The SMILES string of the molecule is C=CC(=O)Nc1cccc(C(=N)/C=C(\C)CC(=O)O)c1. The Labute approximate surface area is 117 Å². The second-order valence-electron chi connectivity index (χ2n) is 4.25. The first kappa shape index (κ1) is 15.4. The third kappa shape index (κ3) is 4.89. The van der Waals surface area contributed by atoms with Crippen LogP contribution in [0, 0.1) is 5.41 Å². The van der Waals surface area contributed by atoms with Gasteiger partial charge in [0.05, 0.1) is 12.1 Å². The van der Waals surface area contributed by atoms with E-state index in [1.54, 1.807) is 31.2 Å². The molecule has 0 spiro atoms. The van der Waals surface area contributed by atoms with Crippen molar-refractivity contribution in [2.45, 2.75) is 13.3 Å². The van der Waals surface area contributed by atoms with E-state index in [2.05, 4.69) is 11.9 Å². The molecule has 0 heterocycles. The Morgan fingerprint density at radius 2 is 2.15 bits per heavy atom. The van der Waals surface area contributed by atoms with E-state index < -0.39 is 5.97 Å². The van der Waals surface area contributed by atoms with Gasteiger partial charge < -0.3 is 15.8 Å². The van der Waals surface area contributed by atoms with Crippen molar-refractivity contribution in [3.05, 3.63) is 54.1 Å². The number of carboxylic acid groups (broad SMARTS) is 1. The van der Waals surface area contributed by atoms with Crippen molar-refractivity contribution in [1.82, 2.24) is 0 Å². The highest BCUT2D eigenvalue weighted by Crippen LogP contribution is 2.13. The van der Waals surface area contributed by atoms with Gasteiger partial charge in [-0.25, -0.2) is 0 Å². The normalized spacial score (nSPS) is 10.8. The molecule has 5 nitrogen and oxygen atoms in total. The Morgan fingerprint density at radius 1 is 1.45 bits per heavy atom. The third-order valence-corrected chi connectivity index (χ3v) is 2.45. The molecule has 0 aliphatic rings. The molecule has 0 saturated carbocycles. The second-order valence-corrected chi connectivity index (χ2v) is 4.25. The second kappa shape index (κ2) is 7.04. The number of carbonyl (C=O) groups is 2. The van der Waals surface area contributed by atoms with Crippen LogP contribution in [0.2, 0.25) is 0 Å². The summed E-state index contributed by atoms with van der Waals surface area (Å²) in [6, 6.07) is 6.78. The van der Waals surface area contributed by atoms with Crippen LogP contribution in [-0.4, -0.2) is 22.7 Å². The number of nitrogens with one attached hydrogen (secondary N) is 2. The fourth-order valence-corrected chi connectivity index (χ4v) is 1.58. The molecule has 0 radical (unpaired) electrons. The Morgan fingerprint density at radius 3 is 2.75 bits per heavy atom. The summed E-state index contributed by atoms with van der Waals surface area (Å²) >= 11 is 0. The van der Waals surface area contributed by atoms with Gasteiger partial charge in [-0.3, -0.25) is 9.59 Å². The third-order valence-electron chi connectivity index (χ3n) is 2.45. The molecule has 0 aromatic heterocycles. The quantitative estimate of drug-likeness (QED) is 0.549. The molecular weight excluding hydrogens is 256 g/mol. The van der Waals surface area contributed by atoms with Crippen LogP contribution in [0.15, 0.2) is 48.6 Å². The molecule has 1 aromatic carbocycles. The number of aliphatic carboxylic acids is 1. The van der Waals surface area contributed by atoms with Crippen LogP contribution >= 0.6 is 0 Å². The number of hydrogen-bond acceptors (Lipinski definition) is 3. The first-order valence-corrected chi connectivity index (χ1v) is 5.93. The van der Waals surface area contributed by atoms with Gasteiger partial charge in [0.15, 0.2) is 0 Å². The number of hydrogen-bond donors (Lipinski definition) is 3. The molecule has 0 saturated heterocycles. The number of amides is 1. The molecule has 104 valence electrons. The molecule has 0 aliphatic carbocycles. The average Bonchev–Trinajstić information content (AvgIpc) is 2.37. The summed E-state index contributed by atoms with van der Waals surface area (Å²) in [4.78, 5) is 21.8. The summed E-state index contributed by atoms with van der Waals surface area (Å²) < 4.78 is 0. The minimum atomic E-state index is -0.932. The summed E-state index contributed by atoms with van der Waals surface area (Å²) in [5, 5.41) is 19.2. The number of allylic oxidation sites excluding steroid dienone is 1. The lowest BCUT2D eigenvalue weighted by molar-refractivity contribution is -0.136. The molecule has 0 fully saturated rings. The van der Waals surface area contributed by atoms with Gasteiger partial charge >= 0.3 is 5.97 Å². The lowest BCUT2D eigenvalue weighted by Crippen LogP contribution is -2.08. The van der Waals surface area contributed by atoms with Gasteiger partial charge in [0.25, 0.3) is 0 Å². The van der Waals surface area contributed by atoms with E-state index in [1.807, 2.05) is 0 Å². The van der Waals surface area contributed by atoms with Gasteiger partial charge in [-0.1, -0.05) is 24.3 Å². The molecule has 3 N–H and O–H groups in total. The Bertz CT molecular complexity index is 589. The Balaban J connectivity index is 2.88. The van der Waals surface area contributed by atoms with Crippen molar-refractivity contribution in [3.63, 3.8) is 0 Å². The Hall–Kier alpha value is -2.69. The molecule has 0 aliphatic heterocycles. The van der Waals surface area contributed by atoms with Gasteiger partial charge in [0.1, 0.15) is 0 Å². The molecule has 5 heteroatoms. The largest absolute Gasteiger partial charge is 0.481 e. The molecule has 1 aromatic rings. The van der Waals surface area contributed by atoms with Crippen LogP contribution in [0.3, 0.4) is 0 Å². The summed E-state index contributed by atoms with van der Waals surface area (Å²) in [6.07, 6.45) is 2.56. The number of rotatable bonds is 6. The highest BCUT2D eigenvalue weighted by Gasteiger charge is 2.04. The van der Waals surface area contributed by atoms with Gasteiger partial charge in [0, 0.05) is 11.3 Å². The van der Waals surface area contributed by atoms with Crippen LogP contribution in [-0.2, 0) is 9.59 Å². The minimum Gasteiger partial charge on any atom is -0.481 e. The van der Waals surface area contributed by atoms with Crippen molar-refractivity contribution >= 4 is 23.3 Å². The highest BCUT2D eigenvalue weighted by atomic mass is 16.4. The fraction of sp³-hybridized carbons (Fsp3) is 0.133. The van der Waals surface area contributed by atoms with E-state index in [4.69, 9.17) is 10.5 Å². The van der Waals surface area contributed by atoms with Crippen LogP contribution in [0.4, 0.5) is 5.69 Å². The van der Waals surface area contributed by atoms with Crippen molar-refractivity contribution in [3.8, 4) is 0 Å². The van der Waals surface area contributed by atoms with Gasteiger partial charge in [0.2, 0.25) is 5.91 Å². The van der Waals surface area contributed by atoms with Crippen LogP contribution in [0.1, 0.15) is 18.9 Å². The van der Waals surface area contributed by atoms with Crippen molar-refractivity contribution < 1.29 is 14.7 Å². The van der Waals surface area contributed by atoms with Crippen molar-refractivity contribution in [2.24, 2.45) is 0 Å². The predicted molar refractivity (Wildman–Crippen MR) is 78.1 cm³/mol. The number of carbonyl (C=O) groups excluding carboxylic acids is 1. The number of benzene rings is 1. The monoisotopic (exact) mass is 272 g/mol. The van der Waals surface area contributed by atoms with E-state index in [1.165, 1.54) is 6.08 Å².